The fourth-order valence-corrected chi connectivity index (χ4v) is 3.78. The van der Waals surface area contributed by atoms with E-state index in [1.165, 1.54) is 24.0 Å². The van der Waals surface area contributed by atoms with Crippen molar-refractivity contribution in [3.63, 3.8) is 0 Å². The maximum absolute atomic E-state index is 12.4. The lowest BCUT2D eigenvalue weighted by atomic mass is 10.0. The van der Waals surface area contributed by atoms with E-state index in [9.17, 15) is 9.59 Å². The number of hydrogen-bond acceptors (Lipinski definition) is 4. The average Bonchev–Trinajstić information content (AvgIpc) is 3.27. The maximum atomic E-state index is 12.4. The van der Waals surface area contributed by atoms with Gasteiger partial charge in [-0.05, 0) is 69.5 Å². The lowest BCUT2D eigenvalue weighted by Gasteiger charge is -2.28. The minimum absolute atomic E-state index is 0.00654. The zero-order valence-electron chi connectivity index (χ0n) is 18.0. The minimum atomic E-state index is -0.119. The number of Topliss-reactive ketones (excluding diaryl/α,β-unsaturated/α-hetero) is 1. The summed E-state index contributed by atoms with van der Waals surface area (Å²) in [6.45, 7) is 6.40. The highest BCUT2D eigenvalue weighted by Crippen LogP contribution is 2.25. The van der Waals surface area contributed by atoms with E-state index in [-0.39, 0.29) is 24.3 Å². The number of nitrogens with zero attached hydrogens (tertiary/aromatic N) is 1. The van der Waals surface area contributed by atoms with Crippen LogP contribution in [-0.4, -0.2) is 42.8 Å². The highest BCUT2D eigenvalue weighted by molar-refractivity contribution is 5.77. The molecule has 5 nitrogen and oxygen atoms in total. The molecule has 0 saturated carbocycles. The quantitative estimate of drug-likeness (QED) is 0.649. The molecule has 1 unspecified atom stereocenters. The monoisotopic (exact) mass is 408 g/mol. The Morgan fingerprint density at radius 3 is 2.33 bits per heavy atom. The van der Waals surface area contributed by atoms with Gasteiger partial charge in [-0.25, -0.2) is 0 Å². The van der Waals surface area contributed by atoms with Gasteiger partial charge in [0.1, 0.15) is 11.5 Å². The predicted octanol–water partition coefficient (Wildman–Crippen LogP) is 3.85. The first-order valence-corrected chi connectivity index (χ1v) is 10.8. The number of ketones is 1. The van der Waals surface area contributed by atoms with Gasteiger partial charge in [0.15, 0.2) is 6.61 Å². The largest absolute Gasteiger partial charge is 0.484 e. The maximum Gasteiger partial charge on any atom is 0.258 e. The van der Waals surface area contributed by atoms with Crippen LogP contribution in [0, 0.1) is 6.92 Å². The van der Waals surface area contributed by atoms with Crippen molar-refractivity contribution in [1.82, 2.24) is 10.2 Å². The van der Waals surface area contributed by atoms with Gasteiger partial charge in [-0.15, -0.1) is 0 Å². The Labute approximate surface area is 179 Å². The molecule has 1 N–H and O–H groups in total. The summed E-state index contributed by atoms with van der Waals surface area (Å²) in [7, 11) is 0. The summed E-state index contributed by atoms with van der Waals surface area (Å²) in [6, 6.07) is 16.4. The highest BCUT2D eigenvalue weighted by atomic mass is 16.5. The van der Waals surface area contributed by atoms with Crippen LogP contribution in [0.4, 0.5) is 0 Å². The number of nitrogens with one attached hydrogen (secondary N) is 1. The van der Waals surface area contributed by atoms with Crippen molar-refractivity contribution in [1.29, 1.82) is 0 Å². The minimum Gasteiger partial charge on any atom is -0.484 e. The Kier molecular flexibility index (Phi) is 8.03. The Bertz CT molecular complexity index is 824. The number of hydrogen-bond donors (Lipinski definition) is 1. The summed E-state index contributed by atoms with van der Waals surface area (Å²) >= 11 is 0. The molecule has 1 amide bonds. The predicted molar refractivity (Wildman–Crippen MR) is 119 cm³/mol. The molecular formula is C25H32N2O3. The Morgan fingerprint density at radius 2 is 1.70 bits per heavy atom. The molecule has 0 bridgehead atoms. The van der Waals surface area contributed by atoms with E-state index >= 15 is 0 Å². The van der Waals surface area contributed by atoms with Crippen molar-refractivity contribution in [2.24, 2.45) is 0 Å². The fourth-order valence-electron chi connectivity index (χ4n) is 3.78. The number of likely N-dealkylation sites (tertiary alicyclic amines) is 1. The molecule has 1 atom stereocenters. The number of benzene rings is 2. The third-order valence-corrected chi connectivity index (χ3v) is 5.60. The molecule has 1 saturated heterocycles. The van der Waals surface area contributed by atoms with E-state index in [1.807, 2.05) is 24.3 Å². The standard InChI is InChI=1S/C25H32N2O3/c1-19-5-11-22(12-6-19)24(27-15-3-4-16-27)17-26-25(29)18-30-23-13-9-21(10-14-23)8-7-20(2)28/h5-6,9-14,24H,3-4,7-8,15-18H2,1-2H3,(H,26,29). The number of aryl methyl sites for hydroxylation is 2. The summed E-state index contributed by atoms with van der Waals surface area (Å²) in [5.74, 6) is 0.725. The van der Waals surface area contributed by atoms with Crippen LogP contribution in [0.15, 0.2) is 48.5 Å². The van der Waals surface area contributed by atoms with Crippen molar-refractivity contribution in [3.8, 4) is 5.75 Å². The molecule has 0 aliphatic carbocycles. The first-order valence-electron chi connectivity index (χ1n) is 10.8. The lowest BCUT2D eigenvalue weighted by Crippen LogP contribution is -2.38. The summed E-state index contributed by atoms with van der Waals surface area (Å²) in [5, 5.41) is 3.04. The van der Waals surface area contributed by atoms with E-state index < -0.39 is 0 Å². The molecule has 2 aromatic carbocycles. The van der Waals surface area contributed by atoms with Crippen LogP contribution < -0.4 is 10.1 Å². The summed E-state index contributed by atoms with van der Waals surface area (Å²) in [4.78, 5) is 25.9. The van der Waals surface area contributed by atoms with Crippen molar-refractivity contribution in [2.45, 2.75) is 45.6 Å². The molecule has 1 aliphatic rings. The number of amides is 1. The van der Waals surface area contributed by atoms with Gasteiger partial charge in [0.05, 0.1) is 6.04 Å². The van der Waals surface area contributed by atoms with Crippen molar-refractivity contribution in [2.75, 3.05) is 26.2 Å². The van der Waals surface area contributed by atoms with E-state index in [0.717, 1.165) is 25.1 Å². The van der Waals surface area contributed by atoms with Gasteiger partial charge in [-0.1, -0.05) is 42.0 Å². The molecule has 1 fully saturated rings. The summed E-state index contributed by atoms with van der Waals surface area (Å²) in [6.07, 6.45) is 3.69. The van der Waals surface area contributed by atoms with Crippen LogP contribution in [0.1, 0.15) is 48.9 Å². The fraction of sp³-hybridized carbons (Fsp3) is 0.440. The van der Waals surface area contributed by atoms with E-state index in [1.54, 1.807) is 6.92 Å². The average molecular weight is 409 g/mol. The number of carbonyl (C=O) groups excluding carboxylic acids is 2. The molecule has 3 rings (SSSR count). The first kappa shape index (κ1) is 22.0. The molecule has 0 spiro atoms. The summed E-state index contributed by atoms with van der Waals surface area (Å²) in [5.41, 5.74) is 3.57. The number of rotatable bonds is 10. The molecule has 0 aromatic heterocycles. The third kappa shape index (κ3) is 6.70. The van der Waals surface area contributed by atoms with E-state index in [4.69, 9.17) is 4.74 Å². The van der Waals surface area contributed by atoms with Gasteiger partial charge in [0.25, 0.3) is 5.91 Å². The molecule has 0 radical (unpaired) electrons. The molecule has 2 aromatic rings. The molecule has 30 heavy (non-hydrogen) atoms. The lowest BCUT2D eigenvalue weighted by molar-refractivity contribution is -0.123. The first-order chi connectivity index (χ1) is 14.5. The topological polar surface area (TPSA) is 58.6 Å². The molecule has 1 heterocycles. The molecular weight excluding hydrogens is 376 g/mol. The van der Waals surface area contributed by atoms with E-state index in [0.29, 0.717) is 18.7 Å². The Hall–Kier alpha value is -2.66. The van der Waals surface area contributed by atoms with Crippen LogP contribution in [0.2, 0.25) is 0 Å². The van der Waals surface area contributed by atoms with Gasteiger partial charge in [0.2, 0.25) is 0 Å². The molecule has 1 aliphatic heterocycles. The second-order valence-corrected chi connectivity index (χ2v) is 8.11. The zero-order valence-corrected chi connectivity index (χ0v) is 18.0. The van der Waals surface area contributed by atoms with Gasteiger partial charge in [-0.2, -0.15) is 0 Å². The van der Waals surface area contributed by atoms with Crippen LogP contribution in [0.25, 0.3) is 0 Å². The molecule has 160 valence electrons. The van der Waals surface area contributed by atoms with Crippen LogP contribution in [-0.2, 0) is 16.0 Å². The smallest absolute Gasteiger partial charge is 0.258 e. The number of ether oxygens (including phenoxy) is 1. The Balaban J connectivity index is 1.49. The van der Waals surface area contributed by atoms with Gasteiger partial charge < -0.3 is 14.8 Å². The van der Waals surface area contributed by atoms with Crippen LogP contribution in [0.3, 0.4) is 0 Å². The SMILES string of the molecule is CC(=O)CCc1ccc(OCC(=O)NCC(c2ccc(C)cc2)N2CCCC2)cc1. The second-order valence-electron chi connectivity index (χ2n) is 8.11. The van der Waals surface area contributed by atoms with Gasteiger partial charge in [0, 0.05) is 13.0 Å². The van der Waals surface area contributed by atoms with Crippen molar-refractivity contribution in [3.05, 3.63) is 65.2 Å². The van der Waals surface area contributed by atoms with E-state index in [2.05, 4.69) is 41.4 Å². The zero-order chi connectivity index (χ0) is 21.3. The van der Waals surface area contributed by atoms with Crippen LogP contribution >= 0.6 is 0 Å². The van der Waals surface area contributed by atoms with Crippen molar-refractivity contribution >= 4 is 11.7 Å². The van der Waals surface area contributed by atoms with Crippen molar-refractivity contribution < 1.29 is 14.3 Å². The van der Waals surface area contributed by atoms with Gasteiger partial charge in [-0.3, -0.25) is 9.69 Å². The Morgan fingerprint density at radius 1 is 1.03 bits per heavy atom. The third-order valence-electron chi connectivity index (χ3n) is 5.60. The van der Waals surface area contributed by atoms with Gasteiger partial charge >= 0.3 is 0 Å². The summed E-state index contributed by atoms with van der Waals surface area (Å²) < 4.78 is 5.64. The normalized spacial score (nSPS) is 15.0. The second kappa shape index (κ2) is 10.9. The number of carbonyl (C=O) groups is 2. The van der Waals surface area contributed by atoms with Crippen LogP contribution in [0.5, 0.6) is 5.75 Å². The highest BCUT2D eigenvalue weighted by Gasteiger charge is 2.23. The molecule has 5 heteroatoms.